The molecule has 0 aliphatic carbocycles. The monoisotopic (exact) mass is 1210 g/mol. The molecule has 0 radical (unpaired) electrons. The number of aliphatic hydroxyl groups is 4. The first-order chi connectivity index (χ1) is 40.3. The zero-order valence-corrected chi connectivity index (χ0v) is 48.0. The van der Waals surface area contributed by atoms with Gasteiger partial charge < -0.3 is 90.1 Å². The van der Waals surface area contributed by atoms with E-state index in [0.717, 1.165) is 51.4 Å². The first-order valence-electron chi connectivity index (χ1n) is 27.8. The van der Waals surface area contributed by atoms with E-state index in [4.69, 9.17) is 67.8 Å². The molecule has 13 N–H and O–H groups in total. The summed E-state index contributed by atoms with van der Waals surface area (Å²) < 4.78 is 41.4. The Hall–Kier alpha value is -6.05. The number of ether oxygens (including phenoxy) is 7. The van der Waals surface area contributed by atoms with Crippen molar-refractivity contribution < 1.29 is 68.0 Å². The highest BCUT2D eigenvalue weighted by Gasteiger charge is 2.37. The quantitative estimate of drug-likeness (QED) is 0.0179. The molecule has 6 rings (SSSR count). The number of halogens is 2. The normalized spacial score (nSPS) is 18.2. The van der Waals surface area contributed by atoms with Crippen LogP contribution in [0.2, 0.25) is 0 Å². The largest absolute Gasteiger partial charge is 0.436 e. The first kappa shape index (κ1) is 67.7. The van der Waals surface area contributed by atoms with Crippen molar-refractivity contribution >= 4 is 75.1 Å². The van der Waals surface area contributed by atoms with Crippen molar-refractivity contribution in [3.05, 3.63) is 44.2 Å². The molecule has 3 amide bonds. The van der Waals surface area contributed by atoms with Gasteiger partial charge in [0.25, 0.3) is 11.1 Å². The van der Waals surface area contributed by atoms with Crippen LogP contribution in [0.15, 0.2) is 22.0 Å². The second-order valence-electron chi connectivity index (χ2n) is 19.2. The molecule has 2 saturated heterocycles. The van der Waals surface area contributed by atoms with Gasteiger partial charge in [-0.3, -0.25) is 29.1 Å². The number of hydrogen-bond donors (Lipinski definition) is 11. The van der Waals surface area contributed by atoms with Gasteiger partial charge in [-0.05, 0) is 32.1 Å². The number of carbonyl (C=O) groups excluding carboxylic acids is 3. The number of hydrogen-bond acceptors (Lipinski definition) is 20. The predicted octanol–water partition coefficient (Wildman–Crippen LogP) is 1.39. The van der Waals surface area contributed by atoms with E-state index in [1.807, 2.05) is 0 Å². The van der Waals surface area contributed by atoms with Crippen LogP contribution in [-0.2, 0) is 42.7 Å². The minimum atomic E-state index is -0.881. The third kappa shape index (κ3) is 23.1. The molecule has 0 aromatic carbocycles. The smallest absolute Gasteiger partial charge is 0.408 e. The van der Waals surface area contributed by atoms with E-state index >= 15 is 0 Å². The Kier molecular flexibility index (Phi) is 31.0. The molecule has 4 aromatic rings. The maximum atomic E-state index is 12.6. The van der Waals surface area contributed by atoms with Crippen molar-refractivity contribution in [2.45, 2.75) is 120 Å². The number of nitrogen functional groups attached to an aromatic ring is 2. The van der Waals surface area contributed by atoms with Gasteiger partial charge in [-0.25, -0.2) is 4.79 Å². The number of aliphatic hydroxyl groups excluding tert-OH is 4. The molecular formula is C54H79Cl2N11O16. The van der Waals surface area contributed by atoms with Crippen molar-refractivity contribution in [2.75, 3.05) is 116 Å². The Labute approximate surface area is 490 Å². The van der Waals surface area contributed by atoms with Crippen LogP contribution in [0.25, 0.3) is 22.1 Å². The van der Waals surface area contributed by atoms with Gasteiger partial charge in [0.15, 0.2) is 17.9 Å². The second kappa shape index (κ2) is 38.0. The van der Waals surface area contributed by atoms with Crippen LogP contribution >= 0.6 is 23.2 Å². The maximum absolute atomic E-state index is 12.6. The highest BCUT2D eigenvalue weighted by Crippen LogP contribution is 2.33. The fourth-order valence-corrected chi connectivity index (χ4v) is 9.04. The predicted molar refractivity (Wildman–Crippen MR) is 307 cm³/mol. The molecule has 83 heavy (non-hydrogen) atoms. The molecule has 27 nitrogen and oxygen atoms in total. The molecule has 29 heteroatoms. The highest BCUT2D eigenvalue weighted by atomic mass is 35.5. The Morgan fingerprint density at radius 2 is 1.07 bits per heavy atom. The number of anilines is 2. The molecule has 4 aromatic heterocycles. The minimum absolute atomic E-state index is 0.0261. The van der Waals surface area contributed by atoms with Gasteiger partial charge in [-0.1, -0.05) is 49.4 Å². The average molecular weight is 1210 g/mol. The first-order valence-corrected chi connectivity index (χ1v) is 28.9. The van der Waals surface area contributed by atoms with Crippen molar-refractivity contribution in [3.8, 4) is 23.7 Å². The Bertz CT molecular complexity index is 2880. The summed E-state index contributed by atoms with van der Waals surface area (Å²) in [5, 5.41) is 47.4. The number of rotatable bonds is 34. The fraction of sp³-hybridized carbons (Fsp3) is 0.648. The average Bonchev–Trinajstić information content (AvgIpc) is 3.41. The van der Waals surface area contributed by atoms with Crippen LogP contribution in [0.4, 0.5) is 16.7 Å². The summed E-state index contributed by atoms with van der Waals surface area (Å²) in [6, 6.07) is 0. The number of nitrogens with one attached hydrogen (secondary N) is 5. The second-order valence-corrected chi connectivity index (χ2v) is 19.9. The van der Waals surface area contributed by atoms with E-state index in [1.165, 1.54) is 0 Å². The summed E-state index contributed by atoms with van der Waals surface area (Å²) in [7, 11) is 0. The molecule has 2 aliphatic rings. The molecule has 0 spiro atoms. The van der Waals surface area contributed by atoms with Gasteiger partial charge in [0.05, 0.1) is 93.5 Å². The van der Waals surface area contributed by atoms with E-state index in [2.05, 4.69) is 59.6 Å². The summed E-state index contributed by atoms with van der Waals surface area (Å²) in [6.07, 6.45) is 7.48. The van der Waals surface area contributed by atoms with E-state index in [1.54, 1.807) is 21.5 Å². The van der Waals surface area contributed by atoms with Crippen LogP contribution in [0.5, 0.6) is 0 Å². The summed E-state index contributed by atoms with van der Waals surface area (Å²) in [5.74, 6) is 12.0. The number of nitrogens with two attached hydrogens (primary N) is 2. The number of alkyl carbamates (subject to hydrolysis) is 1. The molecule has 0 saturated carbocycles. The van der Waals surface area contributed by atoms with Crippen LogP contribution in [0.3, 0.4) is 0 Å². The van der Waals surface area contributed by atoms with Gasteiger partial charge in [0, 0.05) is 76.1 Å². The number of amides is 3. The van der Waals surface area contributed by atoms with Crippen molar-refractivity contribution in [1.82, 2.24) is 45.0 Å². The molecule has 6 atom stereocenters. The number of carbonyl (C=O) groups is 3. The van der Waals surface area contributed by atoms with E-state index < -0.39 is 54.1 Å². The Balaban J connectivity index is 0.000000306. The molecule has 0 bridgehead atoms. The topological polar surface area (TPSA) is 386 Å². The molecule has 460 valence electrons. The number of fused-ring (bicyclic) bond motifs is 2. The Morgan fingerprint density at radius 1 is 0.627 bits per heavy atom. The van der Waals surface area contributed by atoms with Crippen LogP contribution in [0, 0.1) is 23.7 Å². The van der Waals surface area contributed by atoms with Gasteiger partial charge in [-0.2, -0.15) is 9.97 Å². The zero-order valence-electron chi connectivity index (χ0n) is 46.5. The lowest BCUT2D eigenvalue weighted by atomic mass is 10.2. The Morgan fingerprint density at radius 3 is 1.54 bits per heavy atom. The summed E-state index contributed by atoms with van der Waals surface area (Å²) >= 11 is 11.3. The minimum Gasteiger partial charge on any atom is -0.436 e. The van der Waals surface area contributed by atoms with Crippen LogP contribution in [-0.4, -0.2) is 196 Å². The fourth-order valence-electron chi connectivity index (χ4n) is 8.66. The van der Waals surface area contributed by atoms with E-state index in [9.17, 15) is 44.4 Å². The van der Waals surface area contributed by atoms with Crippen molar-refractivity contribution in [3.63, 3.8) is 0 Å². The summed E-state index contributed by atoms with van der Waals surface area (Å²) in [6.45, 7) is 3.76. The highest BCUT2D eigenvalue weighted by molar-refractivity contribution is 6.18. The van der Waals surface area contributed by atoms with Gasteiger partial charge in [0.1, 0.15) is 24.7 Å². The van der Waals surface area contributed by atoms with Crippen molar-refractivity contribution in [2.24, 2.45) is 0 Å². The third-order valence-electron chi connectivity index (χ3n) is 12.9. The SMILES string of the molecule is Nc1nc2c(c(C#CCNC(=O)CCCC(=O)NCCOCCOCCCCCCCl)cn2[C@H]2CC(O)[C@@H](CO)O2)c(=O)[nH]1.Nc1nc2c(c(C#CCOC(=O)NCCOCCOCCCCCCCl)cn2[C@H]2CC(O)[C@@H](CO)O2)c(=O)[nH]1. The van der Waals surface area contributed by atoms with Gasteiger partial charge in [0.2, 0.25) is 23.7 Å². The standard InChI is InChI=1S/C29H43ClN6O8.C25H36ClN5O8/c30-10-3-1-2-4-13-42-15-16-43-14-12-33-24(40)9-5-8-23(39)32-11-6-7-20-18-36(25-17-21(38)22(19-37)44-25)27-26(20)28(41)35-29(31)34-27;26-7-3-1-2-4-9-36-12-13-37-11-8-28-25(35)38-10-5-6-17-15-31(20-14-18(33)19(16-32)39-20)22-21(17)23(34)30-24(27)29-22/h18,21-22,25,37-38H,1-5,8-17,19H2,(H,32,39)(H,33,40)(H3,31,34,35,41);15,18-20,32-33H,1-4,7-14,16H2,(H,28,35)(H3,27,29,30,34)/t21?,22-,25-;18?,19-,20-/m11/s1. The molecular weight excluding hydrogens is 1130 g/mol. The zero-order chi connectivity index (χ0) is 59.8. The molecule has 2 unspecified atom stereocenters. The summed E-state index contributed by atoms with van der Waals surface area (Å²) in [5.41, 5.74) is 11.6. The number of H-pyrrole nitrogens is 2. The maximum Gasteiger partial charge on any atom is 0.408 e. The summed E-state index contributed by atoms with van der Waals surface area (Å²) in [4.78, 5) is 74.5. The molecule has 2 aliphatic heterocycles. The third-order valence-corrected chi connectivity index (χ3v) is 13.4. The van der Waals surface area contributed by atoms with E-state index in [-0.39, 0.29) is 104 Å². The number of nitrogens with zero attached hydrogens (tertiary/aromatic N) is 4. The lowest BCUT2D eigenvalue weighted by Crippen LogP contribution is -2.28. The number of aromatic amines is 2. The number of unbranched alkanes of at least 4 members (excludes halogenated alkanes) is 6. The van der Waals surface area contributed by atoms with E-state index in [0.29, 0.717) is 88.7 Å². The van der Waals surface area contributed by atoms with Crippen LogP contribution in [0.1, 0.15) is 107 Å². The lowest BCUT2D eigenvalue weighted by Gasteiger charge is -2.14. The number of aromatic nitrogens is 6. The molecule has 6 heterocycles. The van der Waals surface area contributed by atoms with Crippen LogP contribution < -0.4 is 38.5 Å². The van der Waals surface area contributed by atoms with Gasteiger partial charge >= 0.3 is 6.09 Å². The number of alkyl halides is 2. The lowest BCUT2D eigenvalue weighted by molar-refractivity contribution is -0.122. The van der Waals surface area contributed by atoms with Gasteiger partial charge in [-0.15, -0.1) is 23.2 Å². The molecule has 2 fully saturated rings. The van der Waals surface area contributed by atoms with Crippen molar-refractivity contribution in [1.29, 1.82) is 0 Å².